The van der Waals surface area contributed by atoms with Crippen molar-refractivity contribution in [1.29, 1.82) is 0 Å². The zero-order valence-corrected chi connectivity index (χ0v) is 12.1. The van der Waals surface area contributed by atoms with Gasteiger partial charge in [0, 0.05) is 0 Å². The van der Waals surface area contributed by atoms with Crippen LogP contribution in [0.4, 0.5) is 0 Å². The Morgan fingerprint density at radius 1 is 1.47 bits per heavy atom. The molecule has 19 heavy (non-hydrogen) atoms. The van der Waals surface area contributed by atoms with E-state index >= 15 is 0 Å². The number of nitrogens with one attached hydrogen (secondary N) is 2. The zero-order chi connectivity index (χ0) is 13.8. The van der Waals surface area contributed by atoms with E-state index in [1.807, 2.05) is 13.0 Å². The van der Waals surface area contributed by atoms with Crippen molar-refractivity contribution in [1.82, 2.24) is 10.6 Å². The largest absolute Gasteiger partial charge is 0.348 e. The van der Waals surface area contributed by atoms with Crippen molar-refractivity contribution in [3.8, 4) is 0 Å². The van der Waals surface area contributed by atoms with Gasteiger partial charge < -0.3 is 10.6 Å². The molecule has 3 atom stereocenters. The fraction of sp³-hybridized carbons (Fsp3) is 0.562. The van der Waals surface area contributed by atoms with Gasteiger partial charge in [0.2, 0.25) is 5.91 Å². The van der Waals surface area contributed by atoms with E-state index in [1.54, 1.807) is 0 Å². The molecule has 0 aliphatic carbocycles. The first kappa shape index (κ1) is 14.1. The van der Waals surface area contributed by atoms with Crippen molar-refractivity contribution >= 4 is 5.91 Å². The molecule has 1 aliphatic heterocycles. The minimum atomic E-state index is -0.0315. The summed E-state index contributed by atoms with van der Waals surface area (Å²) in [6, 6.07) is 8.33. The van der Waals surface area contributed by atoms with Gasteiger partial charge in [0.1, 0.15) is 0 Å². The van der Waals surface area contributed by atoms with Crippen molar-refractivity contribution in [2.45, 2.75) is 45.7 Å². The molecule has 1 aromatic rings. The van der Waals surface area contributed by atoms with Gasteiger partial charge in [-0.3, -0.25) is 4.79 Å². The topological polar surface area (TPSA) is 41.1 Å². The maximum absolute atomic E-state index is 12.2. The van der Waals surface area contributed by atoms with Crippen LogP contribution in [0.5, 0.6) is 0 Å². The fourth-order valence-corrected chi connectivity index (χ4v) is 2.64. The number of piperidine rings is 1. The molecule has 0 radical (unpaired) electrons. The number of benzene rings is 1. The summed E-state index contributed by atoms with van der Waals surface area (Å²) in [4.78, 5) is 12.2. The van der Waals surface area contributed by atoms with Crippen LogP contribution in [0.2, 0.25) is 0 Å². The van der Waals surface area contributed by atoms with E-state index in [1.165, 1.54) is 5.56 Å². The van der Waals surface area contributed by atoms with E-state index in [2.05, 4.69) is 42.7 Å². The summed E-state index contributed by atoms with van der Waals surface area (Å²) in [5.41, 5.74) is 2.39. The van der Waals surface area contributed by atoms with Crippen LogP contribution in [-0.4, -0.2) is 18.5 Å². The number of rotatable bonds is 3. The maximum Gasteiger partial charge on any atom is 0.237 e. The summed E-state index contributed by atoms with van der Waals surface area (Å²) >= 11 is 0. The maximum atomic E-state index is 12.2. The minimum absolute atomic E-state index is 0.0315. The van der Waals surface area contributed by atoms with E-state index in [0.29, 0.717) is 5.92 Å². The summed E-state index contributed by atoms with van der Waals surface area (Å²) in [5.74, 6) is 0.756. The van der Waals surface area contributed by atoms with Crippen LogP contribution < -0.4 is 10.6 Å². The lowest BCUT2D eigenvalue weighted by atomic mass is 9.93. The molecule has 1 aliphatic rings. The molecule has 2 N–H and O–H groups in total. The molecule has 0 saturated carbocycles. The highest BCUT2D eigenvalue weighted by atomic mass is 16.2. The van der Waals surface area contributed by atoms with E-state index in [9.17, 15) is 4.79 Å². The highest BCUT2D eigenvalue weighted by Crippen LogP contribution is 2.17. The molecule has 1 amide bonds. The third kappa shape index (κ3) is 3.80. The number of hydrogen-bond donors (Lipinski definition) is 2. The monoisotopic (exact) mass is 260 g/mol. The molecule has 3 heteroatoms. The third-order valence-electron chi connectivity index (χ3n) is 3.88. The number of amides is 1. The second-order valence-corrected chi connectivity index (χ2v) is 5.78. The van der Waals surface area contributed by atoms with Crippen LogP contribution in [0, 0.1) is 12.8 Å². The molecule has 1 fully saturated rings. The van der Waals surface area contributed by atoms with Crippen LogP contribution in [-0.2, 0) is 4.79 Å². The fourth-order valence-electron chi connectivity index (χ4n) is 2.64. The molecule has 1 heterocycles. The summed E-state index contributed by atoms with van der Waals surface area (Å²) in [6.45, 7) is 7.27. The van der Waals surface area contributed by atoms with Gasteiger partial charge in [0.05, 0.1) is 12.1 Å². The van der Waals surface area contributed by atoms with Crippen LogP contribution in [0.25, 0.3) is 0 Å². The highest BCUT2D eigenvalue weighted by molar-refractivity contribution is 5.82. The third-order valence-corrected chi connectivity index (χ3v) is 3.88. The number of aryl methyl sites for hydroxylation is 1. The number of carbonyl (C=O) groups excluding carboxylic acids is 1. The molecule has 2 unspecified atom stereocenters. The first-order valence-corrected chi connectivity index (χ1v) is 7.16. The Hall–Kier alpha value is -1.35. The van der Waals surface area contributed by atoms with Gasteiger partial charge in [-0.15, -0.1) is 0 Å². The molecule has 104 valence electrons. The molecule has 1 saturated heterocycles. The van der Waals surface area contributed by atoms with Gasteiger partial charge >= 0.3 is 0 Å². The first-order chi connectivity index (χ1) is 9.06. The molecule has 0 aromatic heterocycles. The normalized spacial score (nSPS) is 24.8. The second-order valence-electron chi connectivity index (χ2n) is 5.78. The number of carbonyl (C=O) groups is 1. The standard InChI is InChI=1S/C16H24N2O/c1-11-5-4-6-14(9-11)13(3)18-16(19)15-10-12(2)7-8-17-15/h4-6,9,12-13,15,17H,7-8,10H2,1-3H3,(H,18,19)/t12?,13-,15?/m1/s1. The summed E-state index contributed by atoms with van der Waals surface area (Å²) < 4.78 is 0. The van der Waals surface area contributed by atoms with Gasteiger partial charge in [0.15, 0.2) is 0 Å². The van der Waals surface area contributed by atoms with E-state index in [-0.39, 0.29) is 18.0 Å². The van der Waals surface area contributed by atoms with Gasteiger partial charge in [-0.2, -0.15) is 0 Å². The van der Waals surface area contributed by atoms with Crippen molar-refractivity contribution in [3.05, 3.63) is 35.4 Å². The molecule has 1 aromatic carbocycles. The minimum Gasteiger partial charge on any atom is -0.348 e. The Kier molecular flexibility index (Phi) is 4.59. The van der Waals surface area contributed by atoms with Crippen LogP contribution in [0.1, 0.15) is 43.9 Å². The Balaban J connectivity index is 1.94. The molecule has 2 rings (SSSR count). The predicted molar refractivity (Wildman–Crippen MR) is 77.9 cm³/mol. The quantitative estimate of drug-likeness (QED) is 0.877. The van der Waals surface area contributed by atoms with Crippen LogP contribution in [0.15, 0.2) is 24.3 Å². The second kappa shape index (κ2) is 6.20. The van der Waals surface area contributed by atoms with E-state index in [0.717, 1.165) is 24.9 Å². The Labute approximate surface area is 115 Å². The average Bonchev–Trinajstić information content (AvgIpc) is 2.38. The SMILES string of the molecule is Cc1cccc([C@@H](C)NC(=O)C2CC(C)CCN2)c1. The molecule has 3 nitrogen and oxygen atoms in total. The average molecular weight is 260 g/mol. The number of hydrogen-bond acceptors (Lipinski definition) is 2. The van der Waals surface area contributed by atoms with Crippen LogP contribution in [0.3, 0.4) is 0 Å². The van der Waals surface area contributed by atoms with Crippen molar-refractivity contribution in [2.24, 2.45) is 5.92 Å². The van der Waals surface area contributed by atoms with Crippen LogP contribution >= 0.6 is 0 Å². The first-order valence-electron chi connectivity index (χ1n) is 7.16. The Morgan fingerprint density at radius 3 is 2.95 bits per heavy atom. The lowest BCUT2D eigenvalue weighted by Gasteiger charge is -2.28. The van der Waals surface area contributed by atoms with E-state index in [4.69, 9.17) is 0 Å². The van der Waals surface area contributed by atoms with Gasteiger partial charge in [-0.1, -0.05) is 36.8 Å². The van der Waals surface area contributed by atoms with E-state index < -0.39 is 0 Å². The zero-order valence-electron chi connectivity index (χ0n) is 12.1. The predicted octanol–water partition coefficient (Wildman–Crippen LogP) is 2.56. The molecule has 0 spiro atoms. The molecular formula is C16H24N2O. The van der Waals surface area contributed by atoms with Crippen molar-refractivity contribution in [2.75, 3.05) is 6.54 Å². The van der Waals surface area contributed by atoms with Gasteiger partial charge in [-0.25, -0.2) is 0 Å². The molecule has 0 bridgehead atoms. The van der Waals surface area contributed by atoms with Crippen molar-refractivity contribution < 1.29 is 4.79 Å². The Morgan fingerprint density at radius 2 is 2.26 bits per heavy atom. The lowest BCUT2D eigenvalue weighted by Crippen LogP contribution is -2.48. The Bertz CT molecular complexity index is 444. The smallest absolute Gasteiger partial charge is 0.237 e. The summed E-state index contributed by atoms with van der Waals surface area (Å²) in [6.07, 6.45) is 2.10. The summed E-state index contributed by atoms with van der Waals surface area (Å²) in [5, 5.41) is 6.42. The molecular weight excluding hydrogens is 236 g/mol. The summed E-state index contributed by atoms with van der Waals surface area (Å²) in [7, 11) is 0. The van der Waals surface area contributed by atoms with Gasteiger partial charge in [0.25, 0.3) is 0 Å². The van der Waals surface area contributed by atoms with Gasteiger partial charge in [-0.05, 0) is 44.7 Å². The van der Waals surface area contributed by atoms with Crippen molar-refractivity contribution in [3.63, 3.8) is 0 Å². The highest BCUT2D eigenvalue weighted by Gasteiger charge is 2.25. The lowest BCUT2D eigenvalue weighted by molar-refractivity contribution is -0.124.